The van der Waals surface area contributed by atoms with Crippen molar-refractivity contribution in [3.8, 4) is 23.0 Å². The average Bonchev–Trinajstić information content (AvgIpc) is 2.83. The van der Waals surface area contributed by atoms with E-state index >= 15 is 0 Å². The molecule has 0 amide bonds. The van der Waals surface area contributed by atoms with E-state index in [1.807, 2.05) is 43.4 Å². The van der Waals surface area contributed by atoms with Crippen molar-refractivity contribution in [3.63, 3.8) is 0 Å². The van der Waals surface area contributed by atoms with Crippen LogP contribution in [0.2, 0.25) is 0 Å². The third kappa shape index (κ3) is 1.86. The predicted octanol–water partition coefficient (Wildman–Crippen LogP) is 1.94. The van der Waals surface area contributed by atoms with Gasteiger partial charge in [-0.3, -0.25) is 9.97 Å². The molecule has 0 spiro atoms. The van der Waals surface area contributed by atoms with Crippen LogP contribution in [0.25, 0.3) is 23.0 Å². The molecule has 0 unspecified atom stereocenters. The summed E-state index contributed by atoms with van der Waals surface area (Å²) in [6, 6.07) is 11.4. The normalized spacial score (nSPS) is 10.5. The van der Waals surface area contributed by atoms with Crippen molar-refractivity contribution in [2.75, 3.05) is 0 Å². The topological polar surface area (TPSA) is 56.5 Å². The second-order valence-electron chi connectivity index (χ2n) is 3.81. The Morgan fingerprint density at radius 2 is 1.56 bits per heavy atom. The van der Waals surface area contributed by atoms with Crippen LogP contribution in [-0.2, 0) is 7.05 Å². The lowest BCUT2D eigenvalue weighted by atomic mass is 10.3. The SMILES string of the molecule is Cn1nc(-c2ccccn2)nc1-c1ccccn1. The van der Waals surface area contributed by atoms with E-state index in [-0.39, 0.29) is 0 Å². The lowest BCUT2D eigenvalue weighted by Crippen LogP contribution is -1.95. The van der Waals surface area contributed by atoms with Crippen LogP contribution in [0.15, 0.2) is 48.8 Å². The fourth-order valence-electron chi connectivity index (χ4n) is 1.71. The van der Waals surface area contributed by atoms with Gasteiger partial charge in [0, 0.05) is 19.4 Å². The first-order valence-electron chi connectivity index (χ1n) is 5.58. The number of aromatic nitrogens is 5. The van der Waals surface area contributed by atoms with Gasteiger partial charge in [-0.1, -0.05) is 12.1 Å². The number of nitrogens with zero attached hydrogens (tertiary/aromatic N) is 5. The maximum atomic E-state index is 4.48. The summed E-state index contributed by atoms with van der Waals surface area (Å²) in [5, 5.41) is 4.36. The highest BCUT2D eigenvalue weighted by atomic mass is 15.3. The molecule has 3 aromatic rings. The summed E-state index contributed by atoms with van der Waals surface area (Å²) in [5.41, 5.74) is 1.56. The summed E-state index contributed by atoms with van der Waals surface area (Å²) >= 11 is 0. The van der Waals surface area contributed by atoms with Crippen molar-refractivity contribution in [2.45, 2.75) is 0 Å². The number of pyridine rings is 2. The molecule has 0 aliphatic rings. The molecular weight excluding hydrogens is 226 g/mol. The van der Waals surface area contributed by atoms with Crippen LogP contribution in [-0.4, -0.2) is 24.7 Å². The predicted molar refractivity (Wildman–Crippen MR) is 67.5 cm³/mol. The molecule has 3 aromatic heterocycles. The Morgan fingerprint density at radius 3 is 2.17 bits per heavy atom. The van der Waals surface area contributed by atoms with Gasteiger partial charge in [0.15, 0.2) is 11.6 Å². The Hall–Kier alpha value is -2.56. The van der Waals surface area contributed by atoms with Crippen LogP contribution < -0.4 is 0 Å². The quantitative estimate of drug-likeness (QED) is 0.683. The van der Waals surface area contributed by atoms with E-state index in [0.29, 0.717) is 5.82 Å². The third-order valence-electron chi connectivity index (χ3n) is 2.55. The Kier molecular flexibility index (Phi) is 2.57. The molecule has 0 bridgehead atoms. The van der Waals surface area contributed by atoms with Crippen molar-refractivity contribution in [1.82, 2.24) is 24.7 Å². The summed E-state index contributed by atoms with van der Waals surface area (Å²) in [7, 11) is 1.85. The maximum absolute atomic E-state index is 4.48. The van der Waals surface area contributed by atoms with E-state index in [1.54, 1.807) is 17.1 Å². The van der Waals surface area contributed by atoms with Crippen molar-refractivity contribution in [3.05, 3.63) is 48.8 Å². The van der Waals surface area contributed by atoms with Gasteiger partial charge in [0.1, 0.15) is 11.4 Å². The summed E-state index contributed by atoms with van der Waals surface area (Å²) in [6.45, 7) is 0. The Bertz CT molecular complexity index is 646. The molecule has 0 saturated heterocycles. The van der Waals surface area contributed by atoms with Crippen molar-refractivity contribution in [2.24, 2.45) is 7.05 Å². The highest BCUT2D eigenvalue weighted by Gasteiger charge is 2.11. The maximum Gasteiger partial charge on any atom is 0.200 e. The highest BCUT2D eigenvalue weighted by molar-refractivity contribution is 5.55. The van der Waals surface area contributed by atoms with E-state index in [4.69, 9.17) is 0 Å². The molecule has 0 fully saturated rings. The molecule has 0 aromatic carbocycles. The second kappa shape index (κ2) is 4.37. The molecule has 0 saturated carbocycles. The first-order chi connectivity index (χ1) is 8.84. The number of aryl methyl sites for hydroxylation is 1. The number of hydrogen-bond donors (Lipinski definition) is 0. The summed E-state index contributed by atoms with van der Waals surface area (Å²) in [5.74, 6) is 1.34. The Labute approximate surface area is 104 Å². The molecule has 88 valence electrons. The summed E-state index contributed by atoms with van der Waals surface area (Å²) in [6.07, 6.45) is 3.47. The largest absolute Gasteiger partial charge is 0.253 e. The summed E-state index contributed by atoms with van der Waals surface area (Å²) in [4.78, 5) is 13.0. The average molecular weight is 237 g/mol. The zero-order valence-corrected chi connectivity index (χ0v) is 9.85. The molecule has 0 aliphatic heterocycles. The van der Waals surface area contributed by atoms with Crippen LogP contribution in [0.3, 0.4) is 0 Å². The van der Waals surface area contributed by atoms with Gasteiger partial charge in [-0.25, -0.2) is 9.67 Å². The minimum absolute atomic E-state index is 0.610. The van der Waals surface area contributed by atoms with Crippen molar-refractivity contribution < 1.29 is 0 Å². The molecule has 0 atom stereocenters. The molecule has 0 radical (unpaired) electrons. The molecule has 3 heterocycles. The summed E-state index contributed by atoms with van der Waals surface area (Å²) < 4.78 is 1.71. The third-order valence-corrected chi connectivity index (χ3v) is 2.55. The van der Waals surface area contributed by atoms with Gasteiger partial charge >= 0.3 is 0 Å². The van der Waals surface area contributed by atoms with E-state index in [9.17, 15) is 0 Å². The smallest absolute Gasteiger partial charge is 0.200 e. The molecular formula is C13H11N5. The standard InChI is InChI=1S/C13H11N5/c1-18-13(11-7-3-5-9-15-11)16-12(17-18)10-6-2-4-8-14-10/h2-9H,1H3. The molecule has 0 aliphatic carbocycles. The Morgan fingerprint density at radius 1 is 0.889 bits per heavy atom. The van der Waals surface area contributed by atoms with Gasteiger partial charge < -0.3 is 0 Å². The molecule has 18 heavy (non-hydrogen) atoms. The highest BCUT2D eigenvalue weighted by Crippen LogP contribution is 2.18. The van der Waals surface area contributed by atoms with E-state index in [0.717, 1.165) is 17.2 Å². The zero-order valence-electron chi connectivity index (χ0n) is 9.85. The van der Waals surface area contributed by atoms with E-state index < -0.39 is 0 Å². The zero-order chi connectivity index (χ0) is 12.4. The second-order valence-corrected chi connectivity index (χ2v) is 3.81. The van der Waals surface area contributed by atoms with Crippen LogP contribution in [0, 0.1) is 0 Å². The Balaban J connectivity index is 2.07. The minimum atomic E-state index is 0.610. The minimum Gasteiger partial charge on any atom is -0.253 e. The van der Waals surface area contributed by atoms with Gasteiger partial charge in [0.2, 0.25) is 0 Å². The first kappa shape index (κ1) is 10.6. The van der Waals surface area contributed by atoms with Crippen LogP contribution in [0.4, 0.5) is 0 Å². The van der Waals surface area contributed by atoms with Gasteiger partial charge in [0.05, 0.1) is 0 Å². The molecule has 5 nitrogen and oxygen atoms in total. The van der Waals surface area contributed by atoms with Crippen LogP contribution in [0.5, 0.6) is 0 Å². The molecule has 3 rings (SSSR count). The van der Waals surface area contributed by atoms with Gasteiger partial charge in [-0.15, -0.1) is 5.10 Å². The molecule has 0 N–H and O–H groups in total. The van der Waals surface area contributed by atoms with E-state index in [1.165, 1.54) is 0 Å². The van der Waals surface area contributed by atoms with Crippen LogP contribution >= 0.6 is 0 Å². The van der Waals surface area contributed by atoms with Gasteiger partial charge in [-0.2, -0.15) is 0 Å². The number of hydrogen-bond acceptors (Lipinski definition) is 4. The fraction of sp³-hybridized carbons (Fsp3) is 0.0769. The monoisotopic (exact) mass is 237 g/mol. The fourth-order valence-corrected chi connectivity index (χ4v) is 1.71. The van der Waals surface area contributed by atoms with Crippen molar-refractivity contribution >= 4 is 0 Å². The van der Waals surface area contributed by atoms with Crippen molar-refractivity contribution in [1.29, 1.82) is 0 Å². The first-order valence-corrected chi connectivity index (χ1v) is 5.58. The van der Waals surface area contributed by atoms with Gasteiger partial charge in [0.25, 0.3) is 0 Å². The van der Waals surface area contributed by atoms with Crippen LogP contribution in [0.1, 0.15) is 0 Å². The number of rotatable bonds is 2. The molecule has 5 heteroatoms. The van der Waals surface area contributed by atoms with Gasteiger partial charge in [-0.05, 0) is 24.3 Å². The lowest BCUT2D eigenvalue weighted by molar-refractivity contribution is 0.773. The van der Waals surface area contributed by atoms with E-state index in [2.05, 4.69) is 20.1 Å². The lowest BCUT2D eigenvalue weighted by Gasteiger charge is -1.96.